The molecule has 1 aromatic carbocycles. The van der Waals surface area contributed by atoms with E-state index in [1.54, 1.807) is 18.2 Å². The van der Waals surface area contributed by atoms with Gasteiger partial charge in [0.05, 0.1) is 27.0 Å². The molecule has 0 saturated carbocycles. The maximum Gasteiger partial charge on any atom is 0.267 e. The number of hydrogen-bond acceptors (Lipinski definition) is 6. The molecule has 1 aliphatic heterocycles. The van der Waals surface area contributed by atoms with Crippen LogP contribution in [0.3, 0.4) is 0 Å². The van der Waals surface area contributed by atoms with Gasteiger partial charge in [-0.25, -0.2) is 9.88 Å². The fraction of sp³-hybridized carbons (Fsp3) is 0.0625. The highest BCUT2D eigenvalue weighted by atomic mass is 32.1. The summed E-state index contributed by atoms with van der Waals surface area (Å²) in [5.74, 6) is -0.973. The Labute approximate surface area is 139 Å². The number of carbonyl (C=O) groups excluding carboxylic acids is 3. The lowest BCUT2D eigenvalue weighted by molar-refractivity contribution is -0.114. The molecule has 3 aromatic rings. The minimum Gasteiger partial charge on any atom is -0.302 e. The molecular formula is C16H10N4O3S. The van der Waals surface area contributed by atoms with Crippen LogP contribution in [-0.2, 0) is 4.79 Å². The average molecular weight is 338 g/mol. The molecule has 3 heterocycles. The largest absolute Gasteiger partial charge is 0.302 e. The van der Waals surface area contributed by atoms with E-state index in [-0.39, 0.29) is 11.8 Å². The second kappa shape index (κ2) is 5.20. The number of nitrogens with one attached hydrogen (secondary N) is 1. The normalized spacial score (nSPS) is 13.5. The number of thiazole rings is 1. The fourth-order valence-corrected chi connectivity index (χ4v) is 3.52. The summed E-state index contributed by atoms with van der Waals surface area (Å²) in [6.07, 6.45) is 2.88. The van der Waals surface area contributed by atoms with Gasteiger partial charge < -0.3 is 5.32 Å². The lowest BCUT2D eigenvalue weighted by Crippen LogP contribution is -2.29. The van der Waals surface area contributed by atoms with Crippen molar-refractivity contribution in [2.45, 2.75) is 6.92 Å². The lowest BCUT2D eigenvalue weighted by Gasteiger charge is -2.13. The predicted octanol–water partition coefficient (Wildman–Crippen LogP) is 2.45. The van der Waals surface area contributed by atoms with E-state index in [1.807, 2.05) is 0 Å². The first kappa shape index (κ1) is 14.5. The molecule has 0 spiro atoms. The smallest absolute Gasteiger partial charge is 0.267 e. The van der Waals surface area contributed by atoms with Crippen molar-refractivity contribution in [3.05, 3.63) is 47.8 Å². The number of benzene rings is 1. The maximum atomic E-state index is 12.5. The van der Waals surface area contributed by atoms with Gasteiger partial charge in [-0.05, 0) is 24.3 Å². The summed E-state index contributed by atoms with van der Waals surface area (Å²) in [4.78, 5) is 45.4. The summed E-state index contributed by atoms with van der Waals surface area (Å²) in [5, 5.41) is 3.10. The van der Waals surface area contributed by atoms with Crippen LogP contribution in [0.4, 0.5) is 10.8 Å². The summed E-state index contributed by atoms with van der Waals surface area (Å²) in [6.45, 7) is 1.41. The van der Waals surface area contributed by atoms with Crippen molar-refractivity contribution in [1.29, 1.82) is 0 Å². The molecule has 8 heteroatoms. The van der Waals surface area contributed by atoms with Crippen LogP contribution >= 0.6 is 11.3 Å². The van der Waals surface area contributed by atoms with Crippen LogP contribution in [-0.4, -0.2) is 27.7 Å². The topological polar surface area (TPSA) is 92.3 Å². The number of carbonyl (C=O) groups is 3. The van der Waals surface area contributed by atoms with E-state index >= 15 is 0 Å². The van der Waals surface area contributed by atoms with Gasteiger partial charge in [0, 0.05) is 19.3 Å². The van der Waals surface area contributed by atoms with E-state index < -0.39 is 5.91 Å². The van der Waals surface area contributed by atoms with Gasteiger partial charge in [0.2, 0.25) is 5.91 Å². The first-order valence-corrected chi connectivity index (χ1v) is 7.87. The van der Waals surface area contributed by atoms with Crippen molar-refractivity contribution in [3.8, 4) is 0 Å². The van der Waals surface area contributed by atoms with Crippen molar-refractivity contribution in [2.75, 3.05) is 10.2 Å². The van der Waals surface area contributed by atoms with Gasteiger partial charge in [0.15, 0.2) is 5.13 Å². The SMILES string of the molecule is CC(=O)Nc1nc2ccc(N3C(=O)c4ccncc4C3=O)cc2s1. The Hall–Kier alpha value is -3.13. The van der Waals surface area contributed by atoms with Crippen LogP contribution in [0.25, 0.3) is 10.2 Å². The Bertz CT molecular complexity index is 992. The Kier molecular flexibility index (Phi) is 3.14. The van der Waals surface area contributed by atoms with E-state index in [0.717, 1.165) is 9.60 Å². The van der Waals surface area contributed by atoms with Crippen LogP contribution in [0, 0.1) is 0 Å². The third-order valence-corrected chi connectivity index (χ3v) is 4.53. The molecule has 0 bridgehead atoms. The van der Waals surface area contributed by atoms with Gasteiger partial charge in [-0.15, -0.1) is 0 Å². The molecule has 0 unspecified atom stereocenters. The second-order valence-corrected chi connectivity index (χ2v) is 6.25. The number of imide groups is 1. The van der Waals surface area contributed by atoms with Gasteiger partial charge in [-0.2, -0.15) is 0 Å². The highest BCUT2D eigenvalue weighted by Gasteiger charge is 2.36. The monoisotopic (exact) mass is 338 g/mol. The van der Waals surface area contributed by atoms with Crippen molar-refractivity contribution < 1.29 is 14.4 Å². The standard InChI is InChI=1S/C16H10N4O3S/c1-8(21)18-16-19-12-3-2-9(6-13(12)24-16)20-14(22)10-4-5-17-7-11(10)15(20)23/h2-7H,1H3,(H,18,19,21). The average Bonchev–Trinajstić information content (AvgIpc) is 3.05. The molecule has 2 aromatic heterocycles. The van der Waals surface area contributed by atoms with E-state index in [1.165, 1.54) is 36.7 Å². The third kappa shape index (κ3) is 2.16. The number of anilines is 2. The number of amides is 3. The van der Waals surface area contributed by atoms with E-state index in [4.69, 9.17) is 0 Å². The molecule has 0 saturated heterocycles. The molecule has 0 aliphatic carbocycles. The molecule has 1 aliphatic rings. The number of aromatic nitrogens is 2. The lowest BCUT2D eigenvalue weighted by atomic mass is 10.2. The van der Waals surface area contributed by atoms with Crippen LogP contribution in [0.5, 0.6) is 0 Å². The summed E-state index contributed by atoms with van der Waals surface area (Å²) in [7, 11) is 0. The summed E-state index contributed by atoms with van der Waals surface area (Å²) < 4.78 is 0.769. The van der Waals surface area contributed by atoms with Crippen LogP contribution in [0.15, 0.2) is 36.7 Å². The molecule has 0 atom stereocenters. The van der Waals surface area contributed by atoms with Crippen molar-refractivity contribution in [2.24, 2.45) is 0 Å². The second-order valence-electron chi connectivity index (χ2n) is 5.22. The van der Waals surface area contributed by atoms with Crippen LogP contribution in [0.1, 0.15) is 27.6 Å². The van der Waals surface area contributed by atoms with Crippen molar-refractivity contribution in [3.63, 3.8) is 0 Å². The number of pyridine rings is 1. The molecule has 24 heavy (non-hydrogen) atoms. The van der Waals surface area contributed by atoms with Gasteiger partial charge in [-0.3, -0.25) is 19.4 Å². The van der Waals surface area contributed by atoms with Crippen LogP contribution < -0.4 is 10.2 Å². The summed E-state index contributed by atoms with van der Waals surface area (Å²) in [5.41, 5.74) is 1.79. The van der Waals surface area contributed by atoms with E-state index in [9.17, 15) is 14.4 Å². The minimum absolute atomic E-state index is 0.206. The zero-order chi connectivity index (χ0) is 16.8. The fourth-order valence-electron chi connectivity index (χ4n) is 2.58. The van der Waals surface area contributed by atoms with Gasteiger partial charge >= 0.3 is 0 Å². The van der Waals surface area contributed by atoms with E-state index in [0.29, 0.717) is 27.5 Å². The quantitative estimate of drug-likeness (QED) is 0.725. The molecular weight excluding hydrogens is 328 g/mol. The maximum absolute atomic E-state index is 12.5. The zero-order valence-electron chi connectivity index (χ0n) is 12.4. The van der Waals surface area contributed by atoms with Gasteiger partial charge in [0.1, 0.15) is 0 Å². The summed E-state index contributed by atoms with van der Waals surface area (Å²) >= 11 is 1.28. The molecule has 0 fully saturated rings. The Morgan fingerprint density at radius 3 is 2.71 bits per heavy atom. The highest BCUT2D eigenvalue weighted by Crippen LogP contribution is 2.33. The molecule has 0 radical (unpaired) electrons. The molecule has 1 N–H and O–H groups in total. The van der Waals surface area contributed by atoms with Crippen molar-refractivity contribution >= 4 is 50.1 Å². The number of nitrogens with zero attached hydrogens (tertiary/aromatic N) is 3. The minimum atomic E-state index is -0.394. The molecule has 3 amide bonds. The predicted molar refractivity (Wildman–Crippen MR) is 89.3 cm³/mol. The van der Waals surface area contributed by atoms with Crippen LogP contribution in [0.2, 0.25) is 0 Å². The Morgan fingerprint density at radius 1 is 1.17 bits per heavy atom. The van der Waals surface area contributed by atoms with Gasteiger partial charge in [0.25, 0.3) is 11.8 Å². The van der Waals surface area contributed by atoms with E-state index in [2.05, 4.69) is 15.3 Å². The van der Waals surface area contributed by atoms with Gasteiger partial charge in [-0.1, -0.05) is 11.3 Å². The molecule has 4 rings (SSSR count). The number of rotatable bonds is 2. The molecule has 7 nitrogen and oxygen atoms in total. The summed E-state index contributed by atoms with van der Waals surface area (Å²) in [6, 6.07) is 6.63. The first-order valence-electron chi connectivity index (χ1n) is 7.05. The highest BCUT2D eigenvalue weighted by molar-refractivity contribution is 7.22. The molecule has 118 valence electrons. The number of fused-ring (bicyclic) bond motifs is 2. The number of hydrogen-bond donors (Lipinski definition) is 1. The van der Waals surface area contributed by atoms with Crippen molar-refractivity contribution in [1.82, 2.24) is 9.97 Å². The Balaban J connectivity index is 1.76. The Morgan fingerprint density at radius 2 is 1.96 bits per heavy atom. The third-order valence-electron chi connectivity index (χ3n) is 3.60. The first-order chi connectivity index (χ1) is 11.5. The zero-order valence-corrected chi connectivity index (χ0v) is 13.3.